The largest absolute Gasteiger partial charge is 0.389 e. The highest BCUT2D eigenvalue weighted by Crippen LogP contribution is 2.29. The molecule has 0 amide bonds. The Kier molecular flexibility index (Phi) is 6.06. The van der Waals surface area contributed by atoms with Crippen LogP contribution < -0.4 is 5.32 Å². The molecule has 1 nitrogen and oxygen atoms in total. The van der Waals surface area contributed by atoms with Crippen molar-refractivity contribution in [3.63, 3.8) is 0 Å². The number of hydrogen-bond acceptors (Lipinski definition) is 1. The Morgan fingerprint density at radius 1 is 1.05 bits per heavy atom. The minimum Gasteiger partial charge on any atom is -0.310 e. The molecule has 1 aromatic rings. The van der Waals surface area contributed by atoms with Crippen LogP contribution in [-0.2, 0) is 0 Å². The lowest BCUT2D eigenvalue weighted by Crippen LogP contribution is -2.27. The summed E-state index contributed by atoms with van der Waals surface area (Å²) in [6.45, 7) is 6.80. The molecule has 0 aliphatic rings. The van der Waals surface area contributed by atoms with Gasteiger partial charge in [-0.15, -0.1) is 0 Å². The lowest BCUT2D eigenvalue weighted by Gasteiger charge is -2.27. The first-order valence-electron chi connectivity index (χ1n) is 7.02. The van der Waals surface area contributed by atoms with Crippen molar-refractivity contribution in [1.29, 1.82) is 0 Å². The summed E-state index contributed by atoms with van der Waals surface area (Å²) in [5, 5.41) is 3.27. The zero-order chi connectivity index (χ0) is 15.2. The molecule has 20 heavy (non-hydrogen) atoms. The van der Waals surface area contributed by atoms with E-state index in [1.54, 1.807) is 0 Å². The maximum Gasteiger partial charge on any atom is 0.389 e. The average molecular weight is 287 g/mol. The Hall–Kier alpha value is -1.03. The minimum atomic E-state index is -4.06. The number of rotatable bonds is 6. The van der Waals surface area contributed by atoms with Gasteiger partial charge in [0, 0.05) is 12.5 Å². The first-order chi connectivity index (χ1) is 9.17. The van der Waals surface area contributed by atoms with E-state index in [1.165, 1.54) is 0 Å². The number of benzene rings is 1. The van der Waals surface area contributed by atoms with E-state index in [1.807, 2.05) is 30.3 Å². The lowest BCUT2D eigenvalue weighted by molar-refractivity contribution is -0.135. The summed E-state index contributed by atoms with van der Waals surface area (Å²) in [5.74, 6) is 0. The maximum absolute atomic E-state index is 12.1. The minimum absolute atomic E-state index is 0.101. The molecule has 0 saturated carbocycles. The summed E-state index contributed by atoms with van der Waals surface area (Å²) in [7, 11) is 0. The zero-order valence-electron chi connectivity index (χ0n) is 12.4. The highest BCUT2D eigenvalue weighted by Gasteiger charge is 2.26. The van der Waals surface area contributed by atoms with Crippen molar-refractivity contribution in [2.24, 2.45) is 5.41 Å². The Morgan fingerprint density at radius 2 is 1.65 bits per heavy atom. The van der Waals surface area contributed by atoms with Gasteiger partial charge in [0.2, 0.25) is 0 Å². The van der Waals surface area contributed by atoms with Gasteiger partial charge >= 0.3 is 6.18 Å². The number of halogens is 3. The predicted octanol–water partition coefficient (Wildman–Crippen LogP) is 5.10. The van der Waals surface area contributed by atoms with Gasteiger partial charge in [-0.05, 0) is 30.4 Å². The van der Waals surface area contributed by atoms with Crippen LogP contribution in [0.3, 0.4) is 0 Å². The molecule has 0 radical (unpaired) electrons. The quantitative estimate of drug-likeness (QED) is 0.718. The van der Waals surface area contributed by atoms with Gasteiger partial charge in [0.15, 0.2) is 0 Å². The van der Waals surface area contributed by atoms with Crippen LogP contribution in [0.5, 0.6) is 0 Å². The standard InChI is InChI=1S/C16H24F3N/c1-15(2,3)12-14(13-8-5-4-6-9-13)20-11-7-10-16(17,18)19/h4-6,8-9,14,20H,7,10-12H2,1-3H3. The van der Waals surface area contributed by atoms with Gasteiger partial charge in [0.25, 0.3) is 0 Å². The molecular weight excluding hydrogens is 263 g/mol. The molecule has 114 valence electrons. The van der Waals surface area contributed by atoms with E-state index in [4.69, 9.17) is 0 Å². The first-order valence-corrected chi connectivity index (χ1v) is 7.02. The molecule has 1 unspecified atom stereocenters. The van der Waals surface area contributed by atoms with E-state index in [-0.39, 0.29) is 17.9 Å². The highest BCUT2D eigenvalue weighted by atomic mass is 19.4. The van der Waals surface area contributed by atoms with Crippen LogP contribution in [-0.4, -0.2) is 12.7 Å². The third-order valence-electron chi connectivity index (χ3n) is 3.05. The number of nitrogens with one attached hydrogen (secondary N) is 1. The molecule has 1 aromatic carbocycles. The zero-order valence-corrected chi connectivity index (χ0v) is 12.4. The Bertz CT molecular complexity index is 379. The van der Waals surface area contributed by atoms with Gasteiger partial charge in [-0.2, -0.15) is 13.2 Å². The monoisotopic (exact) mass is 287 g/mol. The van der Waals surface area contributed by atoms with Crippen molar-refractivity contribution in [2.75, 3.05) is 6.54 Å². The van der Waals surface area contributed by atoms with Crippen LogP contribution in [0.25, 0.3) is 0 Å². The fourth-order valence-corrected chi connectivity index (χ4v) is 2.17. The van der Waals surface area contributed by atoms with Crippen molar-refractivity contribution in [1.82, 2.24) is 5.32 Å². The maximum atomic E-state index is 12.1. The molecule has 0 spiro atoms. The molecule has 0 aromatic heterocycles. The molecule has 4 heteroatoms. The van der Waals surface area contributed by atoms with E-state index < -0.39 is 12.6 Å². The first kappa shape index (κ1) is 17.0. The van der Waals surface area contributed by atoms with E-state index in [0.717, 1.165) is 12.0 Å². The number of alkyl halides is 3. The van der Waals surface area contributed by atoms with Crippen LogP contribution in [0.1, 0.15) is 51.6 Å². The normalized spacial score (nSPS) is 14.3. The summed E-state index contributed by atoms with van der Waals surface area (Å²) >= 11 is 0. The van der Waals surface area contributed by atoms with Crippen molar-refractivity contribution in [2.45, 2.75) is 52.3 Å². The summed E-state index contributed by atoms with van der Waals surface area (Å²) in [5.41, 5.74) is 1.26. The lowest BCUT2D eigenvalue weighted by atomic mass is 9.85. The van der Waals surface area contributed by atoms with E-state index in [0.29, 0.717) is 6.54 Å². The van der Waals surface area contributed by atoms with Gasteiger partial charge in [-0.1, -0.05) is 51.1 Å². The molecule has 1 atom stereocenters. The topological polar surface area (TPSA) is 12.0 Å². The summed E-state index contributed by atoms with van der Waals surface area (Å²) in [6, 6.07) is 10.0. The molecule has 0 heterocycles. The van der Waals surface area contributed by atoms with Crippen LogP contribution in [0, 0.1) is 5.41 Å². The van der Waals surface area contributed by atoms with E-state index in [9.17, 15) is 13.2 Å². The van der Waals surface area contributed by atoms with Gasteiger partial charge in [0.05, 0.1) is 0 Å². The van der Waals surface area contributed by atoms with E-state index in [2.05, 4.69) is 26.1 Å². The highest BCUT2D eigenvalue weighted by molar-refractivity contribution is 5.19. The molecule has 0 aliphatic carbocycles. The van der Waals surface area contributed by atoms with Crippen LogP contribution >= 0.6 is 0 Å². The third kappa shape index (κ3) is 7.53. The molecule has 0 fully saturated rings. The second kappa shape index (κ2) is 7.11. The molecule has 0 aliphatic heterocycles. The van der Waals surface area contributed by atoms with Crippen molar-refractivity contribution in [3.05, 3.63) is 35.9 Å². The molecular formula is C16H24F3N. The van der Waals surface area contributed by atoms with Crippen molar-refractivity contribution < 1.29 is 13.2 Å². The van der Waals surface area contributed by atoms with Crippen molar-refractivity contribution >= 4 is 0 Å². The summed E-state index contributed by atoms with van der Waals surface area (Å²) in [4.78, 5) is 0. The fraction of sp³-hybridized carbons (Fsp3) is 0.625. The van der Waals surface area contributed by atoms with Crippen molar-refractivity contribution in [3.8, 4) is 0 Å². The summed E-state index contributed by atoms with van der Waals surface area (Å²) in [6.07, 6.45) is -3.77. The Labute approximate surface area is 119 Å². The fourth-order valence-electron chi connectivity index (χ4n) is 2.17. The van der Waals surface area contributed by atoms with Gasteiger partial charge in [0.1, 0.15) is 0 Å². The SMILES string of the molecule is CC(C)(C)CC(NCCCC(F)(F)F)c1ccccc1. The predicted molar refractivity (Wildman–Crippen MR) is 76.5 cm³/mol. The Balaban J connectivity index is 2.56. The van der Waals surface area contributed by atoms with Crippen LogP contribution in [0.4, 0.5) is 13.2 Å². The molecule has 0 bridgehead atoms. The third-order valence-corrected chi connectivity index (χ3v) is 3.05. The smallest absolute Gasteiger partial charge is 0.310 e. The van der Waals surface area contributed by atoms with Gasteiger partial charge < -0.3 is 5.32 Å². The average Bonchev–Trinajstić information content (AvgIpc) is 2.31. The summed E-state index contributed by atoms with van der Waals surface area (Å²) < 4.78 is 36.4. The van der Waals surface area contributed by atoms with Gasteiger partial charge in [-0.25, -0.2) is 0 Å². The molecule has 1 rings (SSSR count). The van der Waals surface area contributed by atoms with Gasteiger partial charge in [-0.3, -0.25) is 0 Å². The Morgan fingerprint density at radius 3 is 2.15 bits per heavy atom. The second-order valence-corrected chi connectivity index (χ2v) is 6.40. The number of hydrogen-bond donors (Lipinski definition) is 1. The molecule has 1 N–H and O–H groups in total. The van der Waals surface area contributed by atoms with E-state index >= 15 is 0 Å². The van der Waals surface area contributed by atoms with Crippen LogP contribution in [0.15, 0.2) is 30.3 Å². The molecule has 0 saturated heterocycles. The second-order valence-electron chi connectivity index (χ2n) is 6.40. The van der Waals surface area contributed by atoms with Crippen LogP contribution in [0.2, 0.25) is 0 Å².